The van der Waals surface area contributed by atoms with E-state index in [1.807, 2.05) is 4.57 Å². The molecular formula is C10H15NO3. The van der Waals surface area contributed by atoms with Crippen LogP contribution in [0, 0.1) is 0 Å². The van der Waals surface area contributed by atoms with E-state index >= 15 is 0 Å². The van der Waals surface area contributed by atoms with Gasteiger partial charge in [-0.3, -0.25) is 0 Å². The summed E-state index contributed by atoms with van der Waals surface area (Å²) in [7, 11) is 3.21. The van der Waals surface area contributed by atoms with Gasteiger partial charge in [0.2, 0.25) is 6.20 Å². The number of methoxy groups -OCH3 is 2. The molecule has 0 spiro atoms. The minimum Gasteiger partial charge on any atom is -0.868 e. The van der Waals surface area contributed by atoms with Crippen molar-refractivity contribution in [1.29, 1.82) is 0 Å². The molecule has 0 aliphatic rings. The van der Waals surface area contributed by atoms with Gasteiger partial charge in [-0.1, -0.05) is 0 Å². The van der Waals surface area contributed by atoms with Gasteiger partial charge in [0.1, 0.15) is 0 Å². The van der Waals surface area contributed by atoms with Crippen LogP contribution in [0.1, 0.15) is 6.42 Å². The molecule has 0 amide bonds. The minimum atomic E-state index is -0.0400. The van der Waals surface area contributed by atoms with E-state index in [2.05, 4.69) is 0 Å². The van der Waals surface area contributed by atoms with Crippen molar-refractivity contribution in [2.75, 3.05) is 20.8 Å². The molecule has 14 heavy (non-hydrogen) atoms. The normalized spacial score (nSPS) is 10.1. The Morgan fingerprint density at radius 3 is 2.79 bits per heavy atom. The molecule has 4 heteroatoms. The zero-order valence-corrected chi connectivity index (χ0v) is 8.53. The van der Waals surface area contributed by atoms with Crippen LogP contribution >= 0.6 is 0 Å². The molecule has 0 N–H and O–H groups in total. The number of ether oxygens (including phenoxy) is 2. The zero-order chi connectivity index (χ0) is 10.4. The van der Waals surface area contributed by atoms with E-state index in [-0.39, 0.29) is 5.75 Å². The molecule has 0 saturated heterocycles. The van der Waals surface area contributed by atoms with Gasteiger partial charge in [-0.05, 0) is 11.8 Å². The Bertz CT molecular complexity index is 289. The molecule has 1 aromatic heterocycles. The van der Waals surface area contributed by atoms with Crippen LogP contribution in [0.3, 0.4) is 0 Å². The first-order valence-electron chi connectivity index (χ1n) is 4.50. The van der Waals surface area contributed by atoms with Gasteiger partial charge >= 0.3 is 0 Å². The summed E-state index contributed by atoms with van der Waals surface area (Å²) in [5.41, 5.74) is 0. The predicted octanol–water partition coefficient (Wildman–Crippen LogP) is 0.0928. The zero-order valence-electron chi connectivity index (χ0n) is 8.53. The third kappa shape index (κ3) is 3.22. The molecule has 0 aromatic carbocycles. The van der Waals surface area contributed by atoms with Crippen molar-refractivity contribution in [3.05, 3.63) is 18.5 Å². The van der Waals surface area contributed by atoms with Crippen LogP contribution in [-0.2, 0) is 11.3 Å². The van der Waals surface area contributed by atoms with Gasteiger partial charge in [-0.2, -0.15) is 0 Å². The highest BCUT2D eigenvalue weighted by Crippen LogP contribution is 2.11. The summed E-state index contributed by atoms with van der Waals surface area (Å²) in [6.07, 6.45) is 4.24. The van der Waals surface area contributed by atoms with Crippen LogP contribution in [0.15, 0.2) is 18.5 Å². The van der Waals surface area contributed by atoms with E-state index in [9.17, 15) is 5.11 Å². The van der Waals surface area contributed by atoms with Gasteiger partial charge in [0.15, 0.2) is 18.5 Å². The van der Waals surface area contributed by atoms with E-state index < -0.39 is 0 Å². The number of hydrogen-bond donors (Lipinski definition) is 0. The summed E-state index contributed by atoms with van der Waals surface area (Å²) in [5, 5.41) is 11.2. The summed E-state index contributed by atoms with van der Waals surface area (Å²) in [6, 6.07) is 1.47. The fraction of sp³-hybridized carbons (Fsp3) is 0.500. The highest BCUT2D eigenvalue weighted by Gasteiger charge is 2.02. The SMILES string of the molecule is COCCC[n+]1cc([O-])cc(OC)c1. The average molecular weight is 197 g/mol. The maximum absolute atomic E-state index is 11.2. The van der Waals surface area contributed by atoms with E-state index in [0.29, 0.717) is 12.4 Å². The number of rotatable bonds is 5. The number of pyridine rings is 1. The van der Waals surface area contributed by atoms with E-state index in [1.54, 1.807) is 26.6 Å². The topological polar surface area (TPSA) is 45.4 Å². The Kier molecular flexibility index (Phi) is 4.19. The Labute approximate surface area is 83.7 Å². The third-order valence-corrected chi connectivity index (χ3v) is 1.87. The molecule has 1 heterocycles. The largest absolute Gasteiger partial charge is 0.868 e. The number of aromatic nitrogens is 1. The number of hydrogen-bond acceptors (Lipinski definition) is 3. The molecule has 4 nitrogen and oxygen atoms in total. The minimum absolute atomic E-state index is 0.0400. The molecule has 78 valence electrons. The van der Waals surface area contributed by atoms with Crippen LogP contribution in [-0.4, -0.2) is 20.8 Å². The Morgan fingerprint density at radius 1 is 1.36 bits per heavy atom. The summed E-state index contributed by atoms with van der Waals surface area (Å²) >= 11 is 0. The van der Waals surface area contributed by atoms with E-state index in [0.717, 1.165) is 13.0 Å². The first-order chi connectivity index (χ1) is 6.76. The van der Waals surface area contributed by atoms with Crippen LogP contribution in [0.25, 0.3) is 0 Å². The molecule has 0 fully saturated rings. The molecule has 0 unspecified atom stereocenters. The summed E-state index contributed by atoms with van der Waals surface area (Å²) in [5.74, 6) is 0.552. The lowest BCUT2D eigenvalue weighted by Crippen LogP contribution is -2.34. The molecule has 0 bridgehead atoms. The van der Waals surface area contributed by atoms with Crippen molar-refractivity contribution in [3.8, 4) is 11.5 Å². The second-order valence-corrected chi connectivity index (χ2v) is 3.00. The monoisotopic (exact) mass is 197 g/mol. The fourth-order valence-corrected chi connectivity index (χ4v) is 1.21. The fourth-order valence-electron chi connectivity index (χ4n) is 1.21. The smallest absolute Gasteiger partial charge is 0.211 e. The summed E-state index contributed by atoms with van der Waals surface area (Å²) < 4.78 is 11.7. The highest BCUT2D eigenvalue weighted by atomic mass is 16.5. The lowest BCUT2D eigenvalue weighted by Gasteiger charge is -2.06. The second kappa shape index (κ2) is 5.44. The molecule has 0 aliphatic heterocycles. The molecule has 1 rings (SSSR count). The van der Waals surface area contributed by atoms with Crippen LogP contribution in [0.5, 0.6) is 11.5 Å². The standard InChI is InChI=1S/C10H15NO3/c1-13-5-3-4-11-7-9(12)6-10(8-11)14-2/h6-8H,3-5H2,1-2H3. The summed E-state index contributed by atoms with van der Waals surface area (Å²) in [4.78, 5) is 0. The molecule has 0 radical (unpaired) electrons. The average Bonchev–Trinajstić information content (AvgIpc) is 2.17. The van der Waals surface area contributed by atoms with Gasteiger partial charge in [0, 0.05) is 13.5 Å². The maximum Gasteiger partial charge on any atom is 0.211 e. The first-order valence-corrected chi connectivity index (χ1v) is 4.50. The summed E-state index contributed by atoms with van der Waals surface area (Å²) in [6.45, 7) is 1.46. The van der Waals surface area contributed by atoms with Crippen LogP contribution in [0.2, 0.25) is 0 Å². The Morgan fingerprint density at radius 2 is 2.14 bits per heavy atom. The molecule has 1 aromatic rings. The second-order valence-electron chi connectivity index (χ2n) is 3.00. The van der Waals surface area contributed by atoms with Gasteiger partial charge in [-0.15, -0.1) is 0 Å². The van der Waals surface area contributed by atoms with Gasteiger partial charge in [0.05, 0.1) is 13.7 Å². The molecule has 0 atom stereocenters. The molecule has 0 aliphatic carbocycles. The van der Waals surface area contributed by atoms with Crippen molar-refractivity contribution < 1.29 is 19.1 Å². The number of aryl methyl sites for hydroxylation is 1. The van der Waals surface area contributed by atoms with Crippen LogP contribution < -0.4 is 14.4 Å². The van der Waals surface area contributed by atoms with E-state index in [1.165, 1.54) is 6.07 Å². The van der Waals surface area contributed by atoms with Gasteiger partial charge in [0.25, 0.3) is 0 Å². The molecule has 0 saturated carbocycles. The van der Waals surface area contributed by atoms with Crippen LogP contribution in [0.4, 0.5) is 0 Å². The van der Waals surface area contributed by atoms with Crippen molar-refractivity contribution in [2.45, 2.75) is 13.0 Å². The lowest BCUT2D eigenvalue weighted by atomic mass is 10.4. The predicted molar refractivity (Wildman–Crippen MR) is 49.1 cm³/mol. The first kappa shape index (κ1) is 10.8. The highest BCUT2D eigenvalue weighted by molar-refractivity contribution is 5.22. The molecular weight excluding hydrogens is 182 g/mol. The van der Waals surface area contributed by atoms with Crippen molar-refractivity contribution >= 4 is 0 Å². The van der Waals surface area contributed by atoms with Gasteiger partial charge < -0.3 is 14.6 Å². The number of nitrogens with zero attached hydrogens (tertiary/aromatic N) is 1. The van der Waals surface area contributed by atoms with Crippen molar-refractivity contribution in [1.82, 2.24) is 0 Å². The van der Waals surface area contributed by atoms with E-state index in [4.69, 9.17) is 9.47 Å². The van der Waals surface area contributed by atoms with Crippen molar-refractivity contribution in [2.24, 2.45) is 0 Å². The van der Waals surface area contributed by atoms with Gasteiger partial charge in [-0.25, -0.2) is 4.57 Å². The maximum atomic E-state index is 11.2. The quantitative estimate of drug-likeness (QED) is 0.496. The third-order valence-electron chi connectivity index (χ3n) is 1.87. The lowest BCUT2D eigenvalue weighted by molar-refractivity contribution is -0.700. The Hall–Kier alpha value is -1.29. The Balaban J connectivity index is 2.62. The van der Waals surface area contributed by atoms with Crippen molar-refractivity contribution in [3.63, 3.8) is 0 Å².